The Bertz CT molecular complexity index is 370. The van der Waals surface area contributed by atoms with E-state index >= 15 is 0 Å². The van der Waals surface area contributed by atoms with E-state index in [1.165, 1.54) is 18.4 Å². The summed E-state index contributed by atoms with van der Waals surface area (Å²) in [7, 11) is 1.52. The molecule has 1 amide bonds. The van der Waals surface area contributed by atoms with Crippen molar-refractivity contribution in [2.24, 2.45) is 5.73 Å². The third-order valence-electron chi connectivity index (χ3n) is 2.51. The van der Waals surface area contributed by atoms with Crippen molar-refractivity contribution in [2.75, 3.05) is 19.0 Å². The van der Waals surface area contributed by atoms with Crippen LogP contribution in [0.3, 0.4) is 0 Å². The molecule has 0 bridgehead atoms. The van der Waals surface area contributed by atoms with Crippen molar-refractivity contribution in [1.29, 1.82) is 0 Å². The van der Waals surface area contributed by atoms with Crippen LogP contribution in [0, 0.1) is 0 Å². The van der Waals surface area contributed by atoms with Gasteiger partial charge in [-0.15, -0.1) is 11.3 Å². The second-order valence-corrected chi connectivity index (χ2v) is 4.88. The number of aryl methyl sites for hydroxylation is 2. The third-order valence-corrected chi connectivity index (χ3v) is 3.58. The highest BCUT2D eigenvalue weighted by molar-refractivity contribution is 7.15. The Balaban J connectivity index is 1.96. The van der Waals surface area contributed by atoms with E-state index in [0.29, 0.717) is 5.13 Å². The molecule has 0 radical (unpaired) electrons. The van der Waals surface area contributed by atoms with Crippen molar-refractivity contribution in [3.63, 3.8) is 0 Å². The van der Waals surface area contributed by atoms with Gasteiger partial charge in [-0.05, 0) is 19.3 Å². The summed E-state index contributed by atoms with van der Waals surface area (Å²) in [4.78, 5) is 17.2. The third kappa shape index (κ3) is 2.40. The summed E-state index contributed by atoms with van der Waals surface area (Å²) in [6, 6.07) is -0.635. The topological polar surface area (TPSA) is 77.2 Å². The van der Waals surface area contributed by atoms with E-state index in [-0.39, 0.29) is 12.5 Å². The highest BCUT2D eigenvalue weighted by Crippen LogP contribution is 2.30. The highest BCUT2D eigenvalue weighted by atomic mass is 32.1. The lowest BCUT2D eigenvalue weighted by molar-refractivity contribution is -0.118. The monoisotopic (exact) mass is 241 g/mol. The molecule has 0 aromatic carbocycles. The van der Waals surface area contributed by atoms with Crippen molar-refractivity contribution >= 4 is 22.4 Å². The highest BCUT2D eigenvalue weighted by Gasteiger charge is 2.19. The van der Waals surface area contributed by atoms with Crippen LogP contribution in [0.2, 0.25) is 0 Å². The van der Waals surface area contributed by atoms with Crippen LogP contribution in [-0.2, 0) is 22.4 Å². The minimum atomic E-state index is -0.635. The summed E-state index contributed by atoms with van der Waals surface area (Å²) in [5.41, 5.74) is 6.73. The molecule has 6 heteroatoms. The van der Waals surface area contributed by atoms with Crippen LogP contribution in [0.25, 0.3) is 0 Å². The van der Waals surface area contributed by atoms with Crippen LogP contribution in [0.4, 0.5) is 5.13 Å². The van der Waals surface area contributed by atoms with E-state index in [9.17, 15) is 4.79 Å². The molecule has 0 spiro atoms. The fourth-order valence-corrected chi connectivity index (χ4v) is 2.75. The van der Waals surface area contributed by atoms with E-state index in [2.05, 4.69) is 10.3 Å². The molecule has 0 aliphatic heterocycles. The zero-order chi connectivity index (χ0) is 11.5. The average molecular weight is 241 g/mol. The molecule has 1 aliphatic carbocycles. The summed E-state index contributed by atoms with van der Waals surface area (Å²) in [5, 5.41) is 3.37. The van der Waals surface area contributed by atoms with Crippen LogP contribution in [0.1, 0.15) is 17.0 Å². The summed E-state index contributed by atoms with van der Waals surface area (Å²) >= 11 is 1.55. The zero-order valence-corrected chi connectivity index (χ0v) is 9.97. The first kappa shape index (κ1) is 11.5. The van der Waals surface area contributed by atoms with Gasteiger partial charge in [0.15, 0.2) is 5.13 Å². The molecule has 0 saturated carbocycles. The number of carbonyl (C=O) groups is 1. The Morgan fingerprint density at radius 1 is 1.69 bits per heavy atom. The molecule has 88 valence electrons. The van der Waals surface area contributed by atoms with Crippen molar-refractivity contribution < 1.29 is 9.53 Å². The number of thiazole rings is 1. The molecule has 1 aliphatic rings. The van der Waals surface area contributed by atoms with Gasteiger partial charge in [0, 0.05) is 12.0 Å². The Morgan fingerprint density at radius 3 is 3.19 bits per heavy atom. The summed E-state index contributed by atoms with van der Waals surface area (Å²) in [5.74, 6) is -0.241. The lowest BCUT2D eigenvalue weighted by atomic mass is 10.3. The molecule has 16 heavy (non-hydrogen) atoms. The van der Waals surface area contributed by atoms with Crippen LogP contribution in [0.15, 0.2) is 0 Å². The normalized spacial score (nSPS) is 15.9. The van der Waals surface area contributed by atoms with Gasteiger partial charge in [-0.2, -0.15) is 0 Å². The number of carbonyl (C=O) groups excluding carboxylic acids is 1. The van der Waals surface area contributed by atoms with Gasteiger partial charge in [-0.1, -0.05) is 0 Å². The lowest BCUT2D eigenvalue weighted by Gasteiger charge is -2.08. The van der Waals surface area contributed by atoms with Gasteiger partial charge >= 0.3 is 0 Å². The van der Waals surface area contributed by atoms with E-state index < -0.39 is 6.04 Å². The van der Waals surface area contributed by atoms with E-state index in [0.717, 1.165) is 18.5 Å². The molecule has 5 nitrogen and oxygen atoms in total. The maximum absolute atomic E-state index is 11.6. The fraction of sp³-hybridized carbons (Fsp3) is 0.600. The number of amides is 1. The van der Waals surface area contributed by atoms with Crippen molar-refractivity contribution in [1.82, 2.24) is 4.98 Å². The standard InChI is InChI=1S/C10H15N3O2S/c1-15-5-6(11)9(14)13-10-12-7-3-2-4-8(7)16-10/h6H,2-5,11H2,1H3,(H,12,13,14). The molecule has 1 heterocycles. The maximum atomic E-state index is 11.6. The minimum Gasteiger partial charge on any atom is -0.383 e. The number of methoxy groups -OCH3 is 1. The number of anilines is 1. The molecule has 0 saturated heterocycles. The Morgan fingerprint density at radius 2 is 2.50 bits per heavy atom. The van der Waals surface area contributed by atoms with Crippen LogP contribution >= 0.6 is 11.3 Å². The molecule has 1 unspecified atom stereocenters. The molecule has 3 N–H and O–H groups in total. The Labute approximate surface area is 98.0 Å². The first-order valence-corrected chi connectivity index (χ1v) is 6.06. The Kier molecular flexibility index (Phi) is 3.52. The quantitative estimate of drug-likeness (QED) is 0.806. The number of nitrogens with one attached hydrogen (secondary N) is 1. The zero-order valence-electron chi connectivity index (χ0n) is 9.16. The molecular weight excluding hydrogens is 226 g/mol. The number of nitrogens with two attached hydrogens (primary N) is 1. The predicted molar refractivity (Wildman–Crippen MR) is 62.6 cm³/mol. The smallest absolute Gasteiger partial charge is 0.245 e. The lowest BCUT2D eigenvalue weighted by Crippen LogP contribution is -2.39. The second kappa shape index (κ2) is 4.90. The van der Waals surface area contributed by atoms with Gasteiger partial charge in [0.1, 0.15) is 6.04 Å². The number of hydrogen-bond acceptors (Lipinski definition) is 5. The van der Waals surface area contributed by atoms with Crippen LogP contribution < -0.4 is 11.1 Å². The summed E-state index contributed by atoms with van der Waals surface area (Å²) < 4.78 is 4.82. The van der Waals surface area contributed by atoms with Crippen molar-refractivity contribution in [2.45, 2.75) is 25.3 Å². The molecule has 1 aromatic heterocycles. The van der Waals surface area contributed by atoms with Gasteiger partial charge in [0.25, 0.3) is 0 Å². The molecule has 0 fully saturated rings. The molecule has 1 aromatic rings. The Hall–Kier alpha value is -0.980. The van der Waals surface area contributed by atoms with E-state index in [1.54, 1.807) is 11.3 Å². The van der Waals surface area contributed by atoms with Crippen molar-refractivity contribution in [3.8, 4) is 0 Å². The maximum Gasteiger partial charge on any atom is 0.245 e. The number of rotatable bonds is 4. The SMILES string of the molecule is COCC(N)C(=O)Nc1nc2c(s1)CCC2. The number of nitrogens with zero attached hydrogens (tertiary/aromatic N) is 1. The average Bonchev–Trinajstić information content (AvgIpc) is 2.78. The first-order chi connectivity index (χ1) is 7.70. The summed E-state index contributed by atoms with van der Waals surface area (Å²) in [6.07, 6.45) is 3.27. The minimum absolute atomic E-state index is 0.219. The largest absolute Gasteiger partial charge is 0.383 e. The van der Waals surface area contributed by atoms with E-state index in [4.69, 9.17) is 10.5 Å². The van der Waals surface area contributed by atoms with Crippen LogP contribution in [-0.4, -0.2) is 30.6 Å². The van der Waals surface area contributed by atoms with Gasteiger partial charge in [0.05, 0.1) is 12.3 Å². The van der Waals surface area contributed by atoms with Gasteiger partial charge < -0.3 is 15.8 Å². The van der Waals surface area contributed by atoms with Crippen LogP contribution in [0.5, 0.6) is 0 Å². The predicted octanol–water partition coefficient (Wildman–Crippen LogP) is 0.544. The first-order valence-electron chi connectivity index (χ1n) is 5.24. The van der Waals surface area contributed by atoms with Crippen molar-refractivity contribution in [3.05, 3.63) is 10.6 Å². The molecule has 1 atom stereocenters. The number of aromatic nitrogens is 1. The molecular formula is C10H15N3O2S. The van der Waals surface area contributed by atoms with Gasteiger partial charge in [-0.3, -0.25) is 4.79 Å². The van der Waals surface area contributed by atoms with Gasteiger partial charge in [-0.25, -0.2) is 4.98 Å². The van der Waals surface area contributed by atoms with E-state index in [1.807, 2.05) is 0 Å². The number of ether oxygens (including phenoxy) is 1. The number of hydrogen-bond donors (Lipinski definition) is 2. The summed E-state index contributed by atoms with van der Waals surface area (Å²) in [6.45, 7) is 0.219. The van der Waals surface area contributed by atoms with Gasteiger partial charge in [0.2, 0.25) is 5.91 Å². The second-order valence-electron chi connectivity index (χ2n) is 3.79. The fourth-order valence-electron chi connectivity index (χ4n) is 1.70. The number of fused-ring (bicyclic) bond motifs is 1. The molecule has 2 rings (SSSR count).